The number of ether oxygens (including phenoxy) is 4. The van der Waals surface area contributed by atoms with Crippen LogP contribution in [0.4, 0.5) is 9.59 Å². The third kappa shape index (κ3) is 1.11. The largest absolute Gasteiger partial charge is 0.509 e. The Morgan fingerprint density at radius 1 is 0.688 bits per heavy atom. The van der Waals surface area contributed by atoms with Gasteiger partial charge in [0.1, 0.15) is 12.2 Å². The number of hydrogen-bond donors (Lipinski definition) is 2. The molecule has 2 saturated heterocycles. The maximum absolute atomic E-state index is 10.9. The quantitative estimate of drug-likeness (QED) is 0.487. The van der Waals surface area contributed by atoms with E-state index in [9.17, 15) is 19.8 Å². The summed E-state index contributed by atoms with van der Waals surface area (Å²) in [6.07, 6.45) is -8.65. The minimum atomic E-state index is -1.27. The molecule has 8 nitrogen and oxygen atoms in total. The molecular weight excluding hydrogens is 224 g/mol. The molecule has 0 bridgehead atoms. The van der Waals surface area contributed by atoms with Crippen molar-refractivity contribution in [3.05, 3.63) is 0 Å². The predicted octanol–water partition coefficient (Wildman–Crippen LogP) is -1.47. The van der Waals surface area contributed by atoms with Crippen LogP contribution in [-0.4, -0.2) is 59.1 Å². The summed E-state index contributed by atoms with van der Waals surface area (Å²) in [6.45, 7) is 0. The molecule has 0 amide bonds. The van der Waals surface area contributed by atoms with Gasteiger partial charge in [0.15, 0.2) is 24.4 Å². The van der Waals surface area contributed by atoms with Crippen molar-refractivity contribution in [2.24, 2.45) is 0 Å². The van der Waals surface area contributed by atoms with Gasteiger partial charge in [-0.3, -0.25) is 0 Å². The van der Waals surface area contributed by atoms with Gasteiger partial charge in [-0.05, 0) is 0 Å². The number of aliphatic hydroxyl groups is 2. The number of carbonyl (C=O) groups is 2. The molecule has 2 heterocycles. The molecule has 88 valence electrons. The number of carbonyl (C=O) groups excluding carboxylic acids is 2. The minimum Gasteiger partial charge on any atom is -0.424 e. The van der Waals surface area contributed by atoms with Gasteiger partial charge in [0.2, 0.25) is 0 Å². The van der Waals surface area contributed by atoms with Gasteiger partial charge in [-0.1, -0.05) is 0 Å². The maximum Gasteiger partial charge on any atom is 0.509 e. The minimum absolute atomic E-state index is 0.973. The lowest BCUT2D eigenvalue weighted by molar-refractivity contribution is -0.152. The monoisotopic (exact) mass is 232 g/mol. The van der Waals surface area contributed by atoms with Crippen LogP contribution in [0.1, 0.15) is 0 Å². The van der Waals surface area contributed by atoms with Crippen LogP contribution in [0.2, 0.25) is 0 Å². The molecule has 3 rings (SSSR count). The highest BCUT2D eigenvalue weighted by Crippen LogP contribution is 2.36. The predicted molar refractivity (Wildman–Crippen MR) is 42.3 cm³/mol. The van der Waals surface area contributed by atoms with Crippen molar-refractivity contribution >= 4 is 12.3 Å². The third-order valence-electron chi connectivity index (χ3n) is 2.92. The fraction of sp³-hybridized carbons (Fsp3) is 0.750. The normalized spacial score (nSPS) is 49.6. The van der Waals surface area contributed by atoms with Crippen molar-refractivity contribution in [3.8, 4) is 0 Å². The zero-order valence-corrected chi connectivity index (χ0v) is 7.81. The van der Waals surface area contributed by atoms with Crippen molar-refractivity contribution < 1.29 is 38.7 Å². The van der Waals surface area contributed by atoms with Crippen molar-refractivity contribution in [3.63, 3.8) is 0 Å². The van der Waals surface area contributed by atoms with Gasteiger partial charge in [-0.25, -0.2) is 9.59 Å². The number of hydrogen-bond acceptors (Lipinski definition) is 8. The molecule has 0 aromatic heterocycles. The molecule has 8 heteroatoms. The average molecular weight is 232 g/mol. The molecule has 3 aliphatic rings. The van der Waals surface area contributed by atoms with Gasteiger partial charge < -0.3 is 29.2 Å². The van der Waals surface area contributed by atoms with Crippen LogP contribution in [0.3, 0.4) is 0 Å². The zero-order chi connectivity index (χ0) is 11.4. The van der Waals surface area contributed by atoms with E-state index in [1.807, 2.05) is 0 Å². The van der Waals surface area contributed by atoms with E-state index in [4.69, 9.17) is 0 Å². The molecule has 4 atom stereocenters. The van der Waals surface area contributed by atoms with Gasteiger partial charge in [0.25, 0.3) is 0 Å². The molecule has 2 aliphatic heterocycles. The molecule has 2 N–H and O–H groups in total. The van der Waals surface area contributed by atoms with Gasteiger partial charge in [-0.2, -0.15) is 0 Å². The van der Waals surface area contributed by atoms with Crippen molar-refractivity contribution in [1.29, 1.82) is 0 Å². The Morgan fingerprint density at radius 2 is 0.938 bits per heavy atom. The van der Waals surface area contributed by atoms with E-state index in [2.05, 4.69) is 18.9 Å². The topological polar surface area (TPSA) is 112 Å². The Bertz CT molecular complexity index is 292. The van der Waals surface area contributed by atoms with E-state index in [0.29, 0.717) is 0 Å². The van der Waals surface area contributed by atoms with Crippen LogP contribution in [0.15, 0.2) is 0 Å². The first-order valence-electron chi connectivity index (χ1n) is 4.68. The van der Waals surface area contributed by atoms with E-state index >= 15 is 0 Å². The van der Waals surface area contributed by atoms with Crippen LogP contribution < -0.4 is 0 Å². The first kappa shape index (κ1) is 9.67. The highest BCUT2D eigenvalue weighted by Gasteiger charge is 2.62. The van der Waals surface area contributed by atoms with Gasteiger partial charge in [-0.15, -0.1) is 0 Å². The average Bonchev–Trinajstić information content (AvgIpc) is 2.78. The lowest BCUT2D eigenvalue weighted by Gasteiger charge is -2.35. The Hall–Kier alpha value is -1.54. The first-order valence-corrected chi connectivity index (χ1v) is 4.68. The highest BCUT2D eigenvalue weighted by molar-refractivity contribution is 5.65. The van der Waals surface area contributed by atoms with Crippen molar-refractivity contribution in [2.45, 2.75) is 36.6 Å². The first-order chi connectivity index (χ1) is 7.58. The standard InChI is InChI=1S/C8H8O8/c9-1-3-5(15-7(11)13-3)2(10)6-4(1)14-8(12)16-6/h1-6,9-10H. The SMILES string of the molecule is O=C1OC2C(O)C3OC(=O)OC3C(O)C2O1. The van der Waals surface area contributed by atoms with Crippen LogP contribution in [0.5, 0.6) is 0 Å². The fourth-order valence-electron chi connectivity index (χ4n) is 2.20. The van der Waals surface area contributed by atoms with Crippen LogP contribution >= 0.6 is 0 Å². The highest BCUT2D eigenvalue weighted by atomic mass is 16.8. The Balaban J connectivity index is 1.91. The molecule has 16 heavy (non-hydrogen) atoms. The Kier molecular flexibility index (Phi) is 1.80. The van der Waals surface area contributed by atoms with Crippen LogP contribution in [-0.2, 0) is 18.9 Å². The fourth-order valence-corrected chi connectivity index (χ4v) is 2.20. The lowest BCUT2D eigenvalue weighted by Crippen LogP contribution is -2.61. The maximum atomic E-state index is 10.9. The van der Waals surface area contributed by atoms with E-state index in [1.54, 1.807) is 0 Å². The van der Waals surface area contributed by atoms with Gasteiger partial charge in [0.05, 0.1) is 0 Å². The molecule has 1 aliphatic carbocycles. The van der Waals surface area contributed by atoms with Gasteiger partial charge in [0, 0.05) is 0 Å². The summed E-state index contributed by atoms with van der Waals surface area (Å²) < 4.78 is 18.7. The van der Waals surface area contributed by atoms with Gasteiger partial charge >= 0.3 is 12.3 Å². The zero-order valence-electron chi connectivity index (χ0n) is 7.81. The number of aliphatic hydroxyl groups excluding tert-OH is 2. The summed E-state index contributed by atoms with van der Waals surface area (Å²) in [6, 6.07) is 0. The summed E-state index contributed by atoms with van der Waals surface area (Å²) >= 11 is 0. The molecule has 0 aromatic rings. The molecule has 3 fully saturated rings. The van der Waals surface area contributed by atoms with E-state index in [0.717, 1.165) is 0 Å². The van der Waals surface area contributed by atoms with E-state index < -0.39 is 48.9 Å². The molecule has 0 spiro atoms. The summed E-state index contributed by atoms with van der Waals surface area (Å²) in [4.78, 5) is 21.7. The summed E-state index contributed by atoms with van der Waals surface area (Å²) in [5, 5.41) is 19.6. The molecular formula is C8H8O8. The molecule has 0 aromatic carbocycles. The van der Waals surface area contributed by atoms with E-state index in [-0.39, 0.29) is 0 Å². The van der Waals surface area contributed by atoms with Crippen LogP contribution in [0, 0.1) is 0 Å². The molecule has 1 saturated carbocycles. The lowest BCUT2D eigenvalue weighted by atomic mass is 9.85. The second-order valence-electron chi connectivity index (χ2n) is 3.81. The number of fused-ring (bicyclic) bond motifs is 2. The summed E-state index contributed by atoms with van der Waals surface area (Å²) in [5.41, 5.74) is 0. The summed E-state index contributed by atoms with van der Waals surface area (Å²) in [5.74, 6) is 0. The van der Waals surface area contributed by atoms with Crippen LogP contribution in [0.25, 0.3) is 0 Å². The Morgan fingerprint density at radius 3 is 1.19 bits per heavy atom. The van der Waals surface area contributed by atoms with E-state index in [1.165, 1.54) is 0 Å². The Labute approximate surface area is 88.6 Å². The summed E-state index contributed by atoms with van der Waals surface area (Å²) in [7, 11) is 0. The third-order valence-corrected chi connectivity index (χ3v) is 2.92. The van der Waals surface area contributed by atoms with Crippen molar-refractivity contribution in [1.82, 2.24) is 0 Å². The number of rotatable bonds is 0. The smallest absolute Gasteiger partial charge is 0.424 e. The second-order valence-corrected chi connectivity index (χ2v) is 3.81. The molecule has 4 unspecified atom stereocenters. The molecule has 0 radical (unpaired) electrons. The van der Waals surface area contributed by atoms with Crippen molar-refractivity contribution in [2.75, 3.05) is 0 Å². The second kappa shape index (κ2) is 2.98.